The Balaban J connectivity index is 1.90. The van der Waals surface area contributed by atoms with Crippen molar-refractivity contribution in [2.45, 2.75) is 31.9 Å². The number of piperidine rings is 1. The number of hydrogen-bond donors (Lipinski definition) is 1. The van der Waals surface area contributed by atoms with Crippen LogP contribution in [0.2, 0.25) is 0 Å². The maximum absolute atomic E-state index is 6.28. The molecular formula is C15H24N2O. The van der Waals surface area contributed by atoms with Crippen LogP contribution in [0.5, 0.6) is 0 Å². The fourth-order valence-corrected chi connectivity index (χ4v) is 2.57. The van der Waals surface area contributed by atoms with Gasteiger partial charge in [-0.25, -0.2) is 0 Å². The molecule has 1 aromatic rings. The van der Waals surface area contributed by atoms with Crippen LogP contribution in [0.1, 0.15) is 30.0 Å². The second kappa shape index (κ2) is 6.32. The molecule has 0 radical (unpaired) electrons. The van der Waals surface area contributed by atoms with Gasteiger partial charge in [-0.05, 0) is 31.9 Å². The Morgan fingerprint density at radius 2 is 2.11 bits per heavy atom. The Morgan fingerprint density at radius 1 is 1.39 bits per heavy atom. The van der Waals surface area contributed by atoms with E-state index in [0.29, 0.717) is 6.10 Å². The van der Waals surface area contributed by atoms with Crippen LogP contribution in [0, 0.1) is 6.92 Å². The number of nitrogens with two attached hydrogens (primary N) is 1. The second-order valence-electron chi connectivity index (χ2n) is 5.28. The number of benzene rings is 1. The molecule has 3 nitrogen and oxygen atoms in total. The highest BCUT2D eigenvalue weighted by atomic mass is 16.5. The molecule has 1 saturated heterocycles. The molecule has 1 fully saturated rings. The SMILES string of the molecule is COC1CCCN(CC(N)c2ccc(C)cc2)C1. The van der Waals surface area contributed by atoms with E-state index in [4.69, 9.17) is 10.5 Å². The summed E-state index contributed by atoms with van der Waals surface area (Å²) in [6.07, 6.45) is 2.76. The first-order valence-corrected chi connectivity index (χ1v) is 6.76. The van der Waals surface area contributed by atoms with E-state index >= 15 is 0 Å². The van der Waals surface area contributed by atoms with Crippen LogP contribution in [0.4, 0.5) is 0 Å². The van der Waals surface area contributed by atoms with Gasteiger partial charge in [0.05, 0.1) is 6.10 Å². The molecule has 2 N–H and O–H groups in total. The van der Waals surface area contributed by atoms with Crippen LogP contribution in [-0.2, 0) is 4.74 Å². The van der Waals surface area contributed by atoms with Crippen LogP contribution in [0.25, 0.3) is 0 Å². The number of nitrogens with zero attached hydrogens (tertiary/aromatic N) is 1. The standard InChI is InChI=1S/C15H24N2O/c1-12-5-7-13(8-6-12)15(16)11-17-9-3-4-14(10-17)18-2/h5-8,14-15H,3-4,9-11,16H2,1-2H3. The molecule has 1 aliphatic rings. The van der Waals surface area contributed by atoms with Gasteiger partial charge in [-0.15, -0.1) is 0 Å². The van der Waals surface area contributed by atoms with E-state index < -0.39 is 0 Å². The lowest BCUT2D eigenvalue weighted by Crippen LogP contribution is -2.42. The molecule has 2 unspecified atom stereocenters. The molecule has 1 aliphatic heterocycles. The van der Waals surface area contributed by atoms with E-state index in [-0.39, 0.29) is 6.04 Å². The molecular weight excluding hydrogens is 224 g/mol. The van der Waals surface area contributed by atoms with Crippen molar-refractivity contribution in [2.24, 2.45) is 5.73 Å². The highest BCUT2D eigenvalue weighted by molar-refractivity contribution is 5.24. The quantitative estimate of drug-likeness (QED) is 0.887. The van der Waals surface area contributed by atoms with E-state index in [2.05, 4.69) is 36.1 Å². The molecule has 18 heavy (non-hydrogen) atoms. The van der Waals surface area contributed by atoms with Gasteiger partial charge in [-0.2, -0.15) is 0 Å². The molecule has 0 saturated carbocycles. The van der Waals surface area contributed by atoms with E-state index in [1.54, 1.807) is 7.11 Å². The van der Waals surface area contributed by atoms with Crippen LogP contribution in [0.3, 0.4) is 0 Å². The number of aryl methyl sites for hydroxylation is 1. The fraction of sp³-hybridized carbons (Fsp3) is 0.600. The second-order valence-corrected chi connectivity index (χ2v) is 5.28. The van der Waals surface area contributed by atoms with Crippen LogP contribution < -0.4 is 5.73 Å². The highest BCUT2D eigenvalue weighted by Gasteiger charge is 2.21. The third-order valence-corrected chi connectivity index (χ3v) is 3.76. The predicted molar refractivity (Wildman–Crippen MR) is 74.6 cm³/mol. The van der Waals surface area contributed by atoms with Crippen molar-refractivity contribution in [2.75, 3.05) is 26.7 Å². The number of methoxy groups -OCH3 is 1. The molecule has 1 aromatic carbocycles. The van der Waals surface area contributed by atoms with Crippen molar-refractivity contribution in [3.63, 3.8) is 0 Å². The topological polar surface area (TPSA) is 38.5 Å². The number of rotatable bonds is 4. The van der Waals surface area contributed by atoms with Gasteiger partial charge in [0.15, 0.2) is 0 Å². The average molecular weight is 248 g/mol. The summed E-state index contributed by atoms with van der Waals surface area (Å²) >= 11 is 0. The van der Waals surface area contributed by atoms with Crippen molar-refractivity contribution in [1.82, 2.24) is 4.90 Å². The van der Waals surface area contributed by atoms with Gasteiger partial charge in [-0.1, -0.05) is 29.8 Å². The fourth-order valence-electron chi connectivity index (χ4n) is 2.57. The molecule has 100 valence electrons. The Labute approximate surface area is 110 Å². The van der Waals surface area contributed by atoms with Crippen LogP contribution in [-0.4, -0.2) is 37.7 Å². The summed E-state index contributed by atoms with van der Waals surface area (Å²) in [6.45, 7) is 5.17. The van der Waals surface area contributed by atoms with Crippen molar-refractivity contribution in [3.8, 4) is 0 Å². The zero-order chi connectivity index (χ0) is 13.0. The molecule has 2 atom stereocenters. The van der Waals surface area contributed by atoms with Crippen LogP contribution >= 0.6 is 0 Å². The minimum atomic E-state index is 0.0983. The summed E-state index contributed by atoms with van der Waals surface area (Å²) in [5.74, 6) is 0. The van der Waals surface area contributed by atoms with Crippen molar-refractivity contribution in [1.29, 1.82) is 0 Å². The zero-order valence-corrected chi connectivity index (χ0v) is 11.4. The minimum Gasteiger partial charge on any atom is -0.380 e. The lowest BCUT2D eigenvalue weighted by atomic mass is 10.0. The first-order chi connectivity index (χ1) is 8.69. The van der Waals surface area contributed by atoms with Gasteiger partial charge < -0.3 is 10.5 Å². The Bertz CT molecular complexity index is 363. The van der Waals surface area contributed by atoms with Crippen molar-refractivity contribution in [3.05, 3.63) is 35.4 Å². The Kier molecular flexibility index (Phi) is 4.75. The van der Waals surface area contributed by atoms with E-state index in [9.17, 15) is 0 Å². The summed E-state index contributed by atoms with van der Waals surface area (Å²) in [4.78, 5) is 2.42. The van der Waals surface area contributed by atoms with Gasteiger partial charge in [0.25, 0.3) is 0 Å². The normalized spacial score (nSPS) is 22.9. The summed E-state index contributed by atoms with van der Waals surface area (Å²) in [5, 5.41) is 0. The Hall–Kier alpha value is -0.900. The zero-order valence-electron chi connectivity index (χ0n) is 11.4. The van der Waals surface area contributed by atoms with Gasteiger partial charge in [-0.3, -0.25) is 4.90 Å². The van der Waals surface area contributed by atoms with E-state index in [0.717, 1.165) is 19.6 Å². The molecule has 3 heteroatoms. The highest BCUT2D eigenvalue weighted by Crippen LogP contribution is 2.17. The van der Waals surface area contributed by atoms with Gasteiger partial charge in [0.2, 0.25) is 0 Å². The maximum atomic E-state index is 6.28. The molecule has 1 heterocycles. The summed E-state index contributed by atoms with van der Waals surface area (Å²) in [6, 6.07) is 8.63. The number of hydrogen-bond acceptors (Lipinski definition) is 3. The lowest BCUT2D eigenvalue weighted by Gasteiger charge is -2.33. The lowest BCUT2D eigenvalue weighted by molar-refractivity contribution is 0.0294. The largest absolute Gasteiger partial charge is 0.380 e. The molecule has 0 aromatic heterocycles. The summed E-state index contributed by atoms with van der Waals surface area (Å²) in [7, 11) is 1.80. The smallest absolute Gasteiger partial charge is 0.0698 e. The number of ether oxygens (including phenoxy) is 1. The molecule has 0 aliphatic carbocycles. The predicted octanol–water partition coefficient (Wildman–Crippen LogP) is 2.11. The maximum Gasteiger partial charge on any atom is 0.0698 e. The summed E-state index contributed by atoms with van der Waals surface area (Å²) in [5.41, 5.74) is 8.78. The number of likely N-dealkylation sites (tertiary alicyclic amines) is 1. The first-order valence-electron chi connectivity index (χ1n) is 6.76. The van der Waals surface area contributed by atoms with Crippen molar-refractivity contribution < 1.29 is 4.74 Å². The first kappa shape index (κ1) is 13.5. The van der Waals surface area contributed by atoms with Crippen LogP contribution in [0.15, 0.2) is 24.3 Å². The summed E-state index contributed by atoms with van der Waals surface area (Å²) < 4.78 is 5.44. The molecule has 2 rings (SSSR count). The monoisotopic (exact) mass is 248 g/mol. The average Bonchev–Trinajstić information content (AvgIpc) is 2.39. The van der Waals surface area contributed by atoms with Gasteiger partial charge >= 0.3 is 0 Å². The van der Waals surface area contributed by atoms with Gasteiger partial charge in [0, 0.05) is 26.2 Å². The minimum absolute atomic E-state index is 0.0983. The molecule has 0 spiro atoms. The third-order valence-electron chi connectivity index (χ3n) is 3.76. The van der Waals surface area contributed by atoms with E-state index in [1.165, 1.54) is 24.0 Å². The molecule has 0 amide bonds. The third kappa shape index (κ3) is 3.55. The Morgan fingerprint density at radius 3 is 2.78 bits per heavy atom. The van der Waals surface area contributed by atoms with Gasteiger partial charge in [0.1, 0.15) is 0 Å². The van der Waals surface area contributed by atoms with E-state index in [1.807, 2.05) is 0 Å². The van der Waals surface area contributed by atoms with Crippen molar-refractivity contribution >= 4 is 0 Å². The molecule has 0 bridgehead atoms.